The largest absolute Gasteiger partial charge is 0.506 e. The van der Waals surface area contributed by atoms with Crippen LogP contribution in [0.1, 0.15) is 43.6 Å². The molecule has 1 amide bonds. The Morgan fingerprint density at radius 3 is 2.05 bits per heavy atom. The number of halogens is 2. The molecule has 1 rings (SSSR count). The van der Waals surface area contributed by atoms with Crippen LogP contribution in [-0.2, 0) is 0 Å². The summed E-state index contributed by atoms with van der Waals surface area (Å²) in [5.74, 6) is 0.0381. The van der Waals surface area contributed by atoms with Crippen LogP contribution in [0, 0.1) is 6.92 Å². The van der Waals surface area contributed by atoms with Gasteiger partial charge in [0.05, 0.1) is 10.0 Å². The molecule has 0 bridgehead atoms. The van der Waals surface area contributed by atoms with Crippen LogP contribution in [0.2, 0.25) is 0 Å². The average molecular weight is 393 g/mol. The molecule has 0 fully saturated rings. The number of hydrogen-bond donors (Lipinski definition) is 1. The fourth-order valence-electron chi connectivity index (χ4n) is 2.19. The van der Waals surface area contributed by atoms with E-state index in [0.717, 1.165) is 0 Å². The number of nitrogens with zero attached hydrogens (tertiary/aromatic N) is 1. The van der Waals surface area contributed by atoms with Gasteiger partial charge in [0.2, 0.25) is 0 Å². The molecule has 0 aromatic heterocycles. The van der Waals surface area contributed by atoms with Crippen LogP contribution in [0.5, 0.6) is 5.75 Å². The van der Waals surface area contributed by atoms with Crippen LogP contribution in [0.15, 0.2) is 15.0 Å². The normalized spacial score (nSPS) is 11.2. The lowest BCUT2D eigenvalue weighted by molar-refractivity contribution is 0.0641. The van der Waals surface area contributed by atoms with Gasteiger partial charge in [0.25, 0.3) is 5.91 Å². The van der Waals surface area contributed by atoms with E-state index in [9.17, 15) is 9.90 Å². The average Bonchev–Trinajstić information content (AvgIpc) is 2.24. The first-order chi connectivity index (χ1) is 8.68. The van der Waals surface area contributed by atoms with E-state index in [1.54, 1.807) is 17.9 Å². The lowest BCUT2D eigenvalue weighted by Gasteiger charge is -2.31. The first-order valence-electron chi connectivity index (χ1n) is 6.18. The third kappa shape index (κ3) is 3.31. The third-order valence-electron chi connectivity index (χ3n) is 3.01. The van der Waals surface area contributed by atoms with E-state index in [4.69, 9.17) is 0 Å². The van der Waals surface area contributed by atoms with Crippen LogP contribution < -0.4 is 0 Å². The quantitative estimate of drug-likeness (QED) is 0.823. The highest BCUT2D eigenvalue weighted by Gasteiger charge is 2.26. The van der Waals surface area contributed by atoms with Crippen molar-refractivity contribution in [3.8, 4) is 5.75 Å². The Morgan fingerprint density at radius 1 is 1.16 bits per heavy atom. The molecule has 0 saturated heterocycles. The number of aromatic hydroxyl groups is 1. The number of carbonyl (C=O) groups is 1. The summed E-state index contributed by atoms with van der Waals surface area (Å²) in [6, 6.07) is 1.91. The molecule has 5 heteroatoms. The summed E-state index contributed by atoms with van der Waals surface area (Å²) < 4.78 is 1.26. The third-order valence-corrected chi connectivity index (χ3v) is 4.24. The number of benzene rings is 1. The molecule has 0 heterocycles. The molecule has 0 radical (unpaired) electrons. The molecule has 1 aromatic rings. The van der Waals surface area contributed by atoms with Crippen LogP contribution >= 0.6 is 31.9 Å². The number of rotatable bonds is 3. The van der Waals surface area contributed by atoms with E-state index in [1.807, 2.05) is 27.7 Å². The Balaban J connectivity index is 3.38. The molecule has 106 valence electrons. The molecule has 0 saturated carbocycles. The van der Waals surface area contributed by atoms with Crippen LogP contribution in [0.25, 0.3) is 0 Å². The van der Waals surface area contributed by atoms with Crippen LogP contribution in [0.4, 0.5) is 0 Å². The first kappa shape index (κ1) is 16.5. The van der Waals surface area contributed by atoms with Crippen molar-refractivity contribution < 1.29 is 9.90 Å². The van der Waals surface area contributed by atoms with Gasteiger partial charge in [-0.3, -0.25) is 4.79 Å². The summed E-state index contributed by atoms with van der Waals surface area (Å²) in [7, 11) is 0. The van der Waals surface area contributed by atoms with E-state index in [-0.39, 0.29) is 23.7 Å². The zero-order chi connectivity index (χ0) is 14.9. The molecule has 3 nitrogen and oxygen atoms in total. The van der Waals surface area contributed by atoms with E-state index >= 15 is 0 Å². The maximum atomic E-state index is 12.7. The number of carbonyl (C=O) groups excluding carboxylic acids is 1. The van der Waals surface area contributed by atoms with Gasteiger partial charge in [-0.05, 0) is 72.5 Å². The number of amides is 1. The van der Waals surface area contributed by atoms with Gasteiger partial charge in [0.15, 0.2) is 0 Å². The van der Waals surface area contributed by atoms with Crippen molar-refractivity contribution in [2.45, 2.75) is 46.7 Å². The van der Waals surface area contributed by atoms with Crippen molar-refractivity contribution in [2.24, 2.45) is 0 Å². The summed E-state index contributed by atoms with van der Waals surface area (Å²) in [6.07, 6.45) is 0. The standard InChI is InChI=1S/C14H19Br2NO2/c1-7(2)17(8(3)4)14(19)12-9(5)13(18)11(16)6-10(12)15/h6-8,18H,1-5H3. The highest BCUT2D eigenvalue weighted by Crippen LogP contribution is 2.36. The Hall–Kier alpha value is -0.550. The van der Waals surface area contributed by atoms with Gasteiger partial charge in [-0.2, -0.15) is 0 Å². The van der Waals surface area contributed by atoms with E-state index < -0.39 is 0 Å². The maximum absolute atomic E-state index is 12.7. The van der Waals surface area contributed by atoms with Crippen molar-refractivity contribution in [3.63, 3.8) is 0 Å². The molecule has 0 atom stereocenters. The van der Waals surface area contributed by atoms with Gasteiger partial charge in [-0.15, -0.1) is 0 Å². The number of phenols is 1. The van der Waals surface area contributed by atoms with Crippen LogP contribution in [-0.4, -0.2) is 28.0 Å². The summed E-state index contributed by atoms with van der Waals surface area (Å²) in [5.41, 5.74) is 1.10. The molecule has 0 aliphatic rings. The minimum Gasteiger partial charge on any atom is -0.506 e. The van der Waals surface area contributed by atoms with E-state index in [1.165, 1.54) is 0 Å². The second-order valence-electron chi connectivity index (χ2n) is 5.09. The van der Waals surface area contributed by atoms with E-state index in [2.05, 4.69) is 31.9 Å². The van der Waals surface area contributed by atoms with Crippen molar-refractivity contribution in [2.75, 3.05) is 0 Å². The molecule has 0 aliphatic carbocycles. The zero-order valence-corrected chi connectivity index (χ0v) is 15.0. The second-order valence-corrected chi connectivity index (χ2v) is 6.80. The number of phenolic OH excluding ortho intramolecular Hbond substituents is 1. The molecular formula is C14H19Br2NO2. The molecule has 0 unspecified atom stereocenters. The van der Waals surface area contributed by atoms with Gasteiger partial charge in [-0.25, -0.2) is 0 Å². The molecule has 0 aliphatic heterocycles. The van der Waals surface area contributed by atoms with Crippen molar-refractivity contribution in [1.29, 1.82) is 0 Å². The minimum absolute atomic E-state index is 0.0721. The highest BCUT2D eigenvalue weighted by molar-refractivity contribution is 9.11. The van der Waals surface area contributed by atoms with E-state index in [0.29, 0.717) is 20.1 Å². The molecule has 0 spiro atoms. The lowest BCUT2D eigenvalue weighted by atomic mass is 10.0. The fraction of sp³-hybridized carbons (Fsp3) is 0.500. The summed E-state index contributed by atoms with van der Waals surface area (Å²) in [6.45, 7) is 9.69. The molecular weight excluding hydrogens is 374 g/mol. The summed E-state index contributed by atoms with van der Waals surface area (Å²) >= 11 is 6.68. The topological polar surface area (TPSA) is 40.5 Å². The van der Waals surface area contributed by atoms with Crippen molar-refractivity contribution in [3.05, 3.63) is 26.1 Å². The predicted molar refractivity (Wildman–Crippen MR) is 84.7 cm³/mol. The van der Waals surface area contributed by atoms with Gasteiger partial charge >= 0.3 is 0 Å². The second kappa shape index (κ2) is 6.27. The minimum atomic E-state index is -0.0721. The molecule has 19 heavy (non-hydrogen) atoms. The Labute approximate surface area is 131 Å². The summed E-state index contributed by atoms with van der Waals surface area (Å²) in [4.78, 5) is 14.5. The van der Waals surface area contributed by atoms with Gasteiger partial charge in [0.1, 0.15) is 5.75 Å². The molecule has 1 N–H and O–H groups in total. The smallest absolute Gasteiger partial charge is 0.255 e. The lowest BCUT2D eigenvalue weighted by Crippen LogP contribution is -2.42. The SMILES string of the molecule is Cc1c(O)c(Br)cc(Br)c1C(=O)N(C(C)C)C(C)C. The molecule has 1 aromatic carbocycles. The van der Waals surface area contributed by atoms with Crippen molar-refractivity contribution >= 4 is 37.8 Å². The highest BCUT2D eigenvalue weighted by atomic mass is 79.9. The fourth-order valence-corrected chi connectivity index (χ4v) is 3.71. The van der Waals surface area contributed by atoms with Gasteiger partial charge in [0, 0.05) is 22.1 Å². The Kier molecular flexibility index (Phi) is 5.44. The predicted octanol–water partition coefficient (Wildman–Crippen LogP) is 4.48. The van der Waals surface area contributed by atoms with Gasteiger partial charge < -0.3 is 10.0 Å². The zero-order valence-electron chi connectivity index (χ0n) is 11.8. The monoisotopic (exact) mass is 391 g/mol. The summed E-state index contributed by atoms with van der Waals surface area (Å²) in [5, 5.41) is 9.98. The number of hydrogen-bond acceptors (Lipinski definition) is 2. The maximum Gasteiger partial charge on any atom is 0.255 e. The van der Waals surface area contributed by atoms with Crippen LogP contribution in [0.3, 0.4) is 0 Å². The Bertz CT molecular complexity index is 491. The van der Waals surface area contributed by atoms with Crippen molar-refractivity contribution in [1.82, 2.24) is 4.90 Å². The first-order valence-corrected chi connectivity index (χ1v) is 7.77. The van der Waals surface area contributed by atoms with Gasteiger partial charge in [-0.1, -0.05) is 0 Å². The Morgan fingerprint density at radius 2 is 1.63 bits per heavy atom.